The van der Waals surface area contributed by atoms with Crippen LogP contribution in [0.25, 0.3) is 0 Å². The maximum Gasteiger partial charge on any atom is 0.250 e. The molecule has 0 bridgehead atoms. The lowest BCUT2D eigenvalue weighted by Crippen LogP contribution is -2.14. The Kier molecular flexibility index (Phi) is 6.44. The third kappa shape index (κ3) is 5.00. The van der Waals surface area contributed by atoms with Gasteiger partial charge in [-0.1, -0.05) is 13.2 Å². The van der Waals surface area contributed by atoms with Gasteiger partial charge in [0.1, 0.15) is 0 Å². The van der Waals surface area contributed by atoms with Crippen LogP contribution in [0.2, 0.25) is 0 Å². The molecule has 7 heteroatoms. The molecule has 2 aromatic carbocycles. The van der Waals surface area contributed by atoms with E-state index in [-0.39, 0.29) is 21.6 Å². The van der Waals surface area contributed by atoms with E-state index < -0.39 is 9.84 Å². The van der Waals surface area contributed by atoms with E-state index in [1.165, 1.54) is 24.3 Å². The maximum absolute atomic E-state index is 13.0. The second kappa shape index (κ2) is 8.45. The number of nitrogens with one attached hydrogen (secondary N) is 2. The molecule has 0 atom stereocenters. The topological polar surface area (TPSA) is 92.3 Å². The first kappa shape index (κ1) is 22.1. The molecule has 0 unspecified atom stereocenters. The molecule has 2 amide bonds. The lowest BCUT2D eigenvalue weighted by atomic mass is 10.2. The average Bonchev–Trinajstić information content (AvgIpc) is 2.64. The van der Waals surface area contributed by atoms with Gasteiger partial charge in [0.2, 0.25) is 9.84 Å². The molecule has 0 saturated carbocycles. The molecule has 6 nitrogen and oxygen atoms in total. The van der Waals surface area contributed by atoms with Gasteiger partial charge in [0.15, 0.2) is 0 Å². The number of rotatable bonds is 6. The van der Waals surface area contributed by atoms with Gasteiger partial charge in [-0.15, -0.1) is 0 Å². The van der Waals surface area contributed by atoms with E-state index in [0.717, 1.165) is 0 Å². The number of hydrogen-bond acceptors (Lipinski definition) is 4. The maximum atomic E-state index is 13.0. The van der Waals surface area contributed by atoms with Crippen molar-refractivity contribution in [3.05, 3.63) is 71.8 Å². The third-order valence-electron chi connectivity index (χ3n) is 4.29. The van der Waals surface area contributed by atoms with Crippen molar-refractivity contribution < 1.29 is 18.0 Å². The van der Waals surface area contributed by atoms with Crippen LogP contribution >= 0.6 is 0 Å². The first-order valence-electron chi connectivity index (χ1n) is 8.83. The van der Waals surface area contributed by atoms with Crippen LogP contribution in [0.4, 0.5) is 11.4 Å². The monoisotopic (exact) mass is 412 g/mol. The summed E-state index contributed by atoms with van der Waals surface area (Å²) in [5, 5.41) is 5.38. The number of amides is 2. The number of benzene rings is 2. The highest BCUT2D eigenvalue weighted by Gasteiger charge is 2.20. The Balaban J connectivity index is 2.35. The third-order valence-corrected chi connectivity index (χ3v) is 6.04. The standard InChI is InChI=1S/C22H24N2O4S/c1-13(2)21(25)23-19-9-7-17(11-15(19)5)29(27,28)18-8-10-20(16(6)12-18)24-22(26)14(3)4/h7-12H,1,3H2,2,4-6H3,(H,23,25)(H,24,26). The minimum Gasteiger partial charge on any atom is -0.322 e. The fourth-order valence-corrected chi connectivity index (χ4v) is 3.91. The van der Waals surface area contributed by atoms with Gasteiger partial charge in [-0.2, -0.15) is 0 Å². The van der Waals surface area contributed by atoms with Crippen molar-refractivity contribution in [2.24, 2.45) is 0 Å². The quantitative estimate of drug-likeness (QED) is 0.697. The summed E-state index contributed by atoms with van der Waals surface area (Å²) >= 11 is 0. The Labute approximate surface area is 171 Å². The van der Waals surface area contributed by atoms with Gasteiger partial charge in [0.05, 0.1) is 9.79 Å². The van der Waals surface area contributed by atoms with Gasteiger partial charge in [0, 0.05) is 22.5 Å². The Morgan fingerprint density at radius 1 is 0.759 bits per heavy atom. The highest BCUT2D eigenvalue weighted by Crippen LogP contribution is 2.28. The van der Waals surface area contributed by atoms with E-state index in [2.05, 4.69) is 23.8 Å². The van der Waals surface area contributed by atoms with Gasteiger partial charge < -0.3 is 10.6 Å². The van der Waals surface area contributed by atoms with Crippen LogP contribution in [0.15, 0.2) is 70.5 Å². The summed E-state index contributed by atoms with van der Waals surface area (Å²) in [6.45, 7) is 13.8. The lowest BCUT2D eigenvalue weighted by molar-refractivity contribution is -0.113. The van der Waals surface area contributed by atoms with Crippen LogP contribution in [-0.2, 0) is 19.4 Å². The molecule has 0 radical (unpaired) electrons. The normalized spacial score (nSPS) is 10.9. The SMILES string of the molecule is C=C(C)C(=O)Nc1ccc(S(=O)(=O)c2ccc(NC(=O)C(=C)C)c(C)c2)cc1C. The highest BCUT2D eigenvalue weighted by molar-refractivity contribution is 7.91. The van der Waals surface area contributed by atoms with Crippen LogP contribution in [0, 0.1) is 13.8 Å². The molecule has 2 rings (SSSR count). The predicted molar refractivity (Wildman–Crippen MR) is 115 cm³/mol. The Bertz CT molecular complexity index is 1050. The van der Waals surface area contributed by atoms with Crippen LogP contribution < -0.4 is 10.6 Å². The number of hydrogen-bond donors (Lipinski definition) is 2. The summed E-state index contributed by atoms with van der Waals surface area (Å²) in [6, 6.07) is 9.02. The Hall–Kier alpha value is -3.19. The molecule has 0 aliphatic heterocycles. The molecule has 2 aromatic rings. The van der Waals surface area contributed by atoms with Gasteiger partial charge in [-0.25, -0.2) is 8.42 Å². The average molecular weight is 413 g/mol. The smallest absolute Gasteiger partial charge is 0.250 e. The molecule has 0 aliphatic carbocycles. The number of carbonyl (C=O) groups is 2. The van der Waals surface area contributed by atoms with Crippen molar-refractivity contribution in [3.63, 3.8) is 0 Å². The second-order valence-electron chi connectivity index (χ2n) is 6.93. The van der Waals surface area contributed by atoms with E-state index in [1.807, 2.05) is 0 Å². The van der Waals surface area contributed by atoms with Crippen LogP contribution in [-0.4, -0.2) is 20.2 Å². The molecule has 0 fully saturated rings. The van der Waals surface area contributed by atoms with Crippen molar-refractivity contribution in [2.45, 2.75) is 37.5 Å². The van der Waals surface area contributed by atoms with E-state index >= 15 is 0 Å². The summed E-state index contributed by atoms with van der Waals surface area (Å²) in [7, 11) is -3.77. The molecule has 0 aromatic heterocycles. The fourth-order valence-electron chi connectivity index (χ4n) is 2.48. The molecule has 152 valence electrons. The summed E-state index contributed by atoms with van der Waals surface area (Å²) < 4.78 is 26.0. The Morgan fingerprint density at radius 2 is 1.10 bits per heavy atom. The van der Waals surface area contributed by atoms with Gasteiger partial charge in [0.25, 0.3) is 11.8 Å². The molecule has 0 heterocycles. The number of carbonyl (C=O) groups excluding carboxylic acids is 2. The van der Waals surface area contributed by atoms with Crippen molar-refractivity contribution in [1.29, 1.82) is 0 Å². The van der Waals surface area contributed by atoms with E-state index in [1.54, 1.807) is 39.8 Å². The molecule has 2 N–H and O–H groups in total. The summed E-state index contributed by atoms with van der Waals surface area (Å²) in [5.74, 6) is -0.654. The summed E-state index contributed by atoms with van der Waals surface area (Å²) in [6.07, 6.45) is 0. The van der Waals surface area contributed by atoms with Crippen molar-refractivity contribution in [1.82, 2.24) is 0 Å². The van der Waals surface area contributed by atoms with Gasteiger partial charge >= 0.3 is 0 Å². The molecular weight excluding hydrogens is 388 g/mol. The van der Waals surface area contributed by atoms with Crippen LogP contribution in [0.5, 0.6) is 0 Å². The van der Waals surface area contributed by atoms with Crippen molar-refractivity contribution in [2.75, 3.05) is 10.6 Å². The molecular formula is C22H24N2O4S. The van der Waals surface area contributed by atoms with E-state index in [0.29, 0.717) is 33.6 Å². The zero-order valence-electron chi connectivity index (χ0n) is 16.9. The second-order valence-corrected chi connectivity index (χ2v) is 8.88. The summed E-state index contributed by atoms with van der Waals surface area (Å²) in [4.78, 5) is 23.8. The number of sulfone groups is 1. The minimum atomic E-state index is -3.77. The van der Waals surface area contributed by atoms with Gasteiger partial charge in [-0.05, 0) is 75.2 Å². The van der Waals surface area contributed by atoms with Gasteiger partial charge in [-0.3, -0.25) is 9.59 Å². The molecule has 0 spiro atoms. The van der Waals surface area contributed by atoms with Crippen molar-refractivity contribution >= 4 is 33.0 Å². The fraction of sp³-hybridized carbons (Fsp3) is 0.182. The van der Waals surface area contributed by atoms with E-state index in [9.17, 15) is 18.0 Å². The molecule has 0 saturated heterocycles. The molecule has 0 aliphatic rings. The van der Waals surface area contributed by atoms with Crippen LogP contribution in [0.3, 0.4) is 0 Å². The number of aryl methyl sites for hydroxylation is 2. The molecule has 29 heavy (non-hydrogen) atoms. The Morgan fingerprint density at radius 3 is 1.38 bits per heavy atom. The predicted octanol–water partition coefficient (Wildman–Crippen LogP) is 4.17. The van der Waals surface area contributed by atoms with Crippen LogP contribution in [0.1, 0.15) is 25.0 Å². The summed E-state index contributed by atoms with van der Waals surface area (Å²) in [5.41, 5.74) is 2.98. The zero-order valence-corrected chi connectivity index (χ0v) is 17.7. The largest absolute Gasteiger partial charge is 0.322 e. The highest BCUT2D eigenvalue weighted by atomic mass is 32.2. The van der Waals surface area contributed by atoms with Crippen molar-refractivity contribution in [3.8, 4) is 0 Å². The zero-order chi connectivity index (χ0) is 21.9. The number of anilines is 2. The lowest BCUT2D eigenvalue weighted by Gasteiger charge is -2.13. The minimum absolute atomic E-state index is 0.112. The van der Waals surface area contributed by atoms with E-state index in [4.69, 9.17) is 0 Å². The first-order valence-corrected chi connectivity index (χ1v) is 10.3. The first-order chi connectivity index (χ1) is 13.4.